The largest absolute Gasteiger partial charge is 0.297 e. The number of halogens is 1. The molecule has 0 aliphatic heterocycles. The standard InChI is InChI=1S/C14H20BrN/c1-3-16(4-2)14-10-6-7-11-12(14)8-5-9-13(11)15/h5,8-9,14H,3-4,6-7,10H2,1-2H3. The minimum Gasteiger partial charge on any atom is -0.297 e. The van der Waals surface area contributed by atoms with Crippen LogP contribution in [0.3, 0.4) is 0 Å². The summed E-state index contributed by atoms with van der Waals surface area (Å²) in [4.78, 5) is 2.57. The van der Waals surface area contributed by atoms with Gasteiger partial charge in [-0.2, -0.15) is 0 Å². The Morgan fingerprint density at radius 3 is 2.75 bits per heavy atom. The summed E-state index contributed by atoms with van der Waals surface area (Å²) in [6.07, 6.45) is 3.86. The number of rotatable bonds is 3. The summed E-state index contributed by atoms with van der Waals surface area (Å²) in [5.41, 5.74) is 3.08. The summed E-state index contributed by atoms with van der Waals surface area (Å²) in [6.45, 7) is 6.81. The van der Waals surface area contributed by atoms with Gasteiger partial charge in [-0.3, -0.25) is 4.90 Å². The van der Waals surface area contributed by atoms with E-state index >= 15 is 0 Å². The van der Waals surface area contributed by atoms with Gasteiger partial charge in [-0.05, 0) is 49.5 Å². The Morgan fingerprint density at radius 2 is 2.06 bits per heavy atom. The van der Waals surface area contributed by atoms with Gasteiger partial charge >= 0.3 is 0 Å². The van der Waals surface area contributed by atoms with E-state index in [0.717, 1.165) is 13.1 Å². The van der Waals surface area contributed by atoms with Gasteiger partial charge in [0.25, 0.3) is 0 Å². The molecule has 1 nitrogen and oxygen atoms in total. The third-order valence-corrected chi connectivity index (χ3v) is 4.41. The maximum atomic E-state index is 3.68. The number of hydrogen-bond donors (Lipinski definition) is 0. The van der Waals surface area contributed by atoms with Crippen LogP contribution in [0.1, 0.15) is 43.9 Å². The lowest BCUT2D eigenvalue weighted by molar-refractivity contribution is 0.198. The van der Waals surface area contributed by atoms with Crippen LogP contribution in [0.2, 0.25) is 0 Å². The molecule has 1 aliphatic carbocycles. The van der Waals surface area contributed by atoms with Gasteiger partial charge in [-0.1, -0.05) is 41.9 Å². The molecule has 0 amide bonds. The average Bonchev–Trinajstić information content (AvgIpc) is 2.32. The Bertz CT molecular complexity index is 358. The van der Waals surface area contributed by atoms with Gasteiger partial charge in [0, 0.05) is 10.5 Å². The third kappa shape index (κ3) is 2.18. The fourth-order valence-electron chi connectivity index (χ4n) is 2.82. The molecule has 16 heavy (non-hydrogen) atoms. The molecule has 2 rings (SSSR count). The van der Waals surface area contributed by atoms with Crippen molar-refractivity contribution in [1.29, 1.82) is 0 Å². The number of fused-ring (bicyclic) bond motifs is 1. The highest BCUT2D eigenvalue weighted by Gasteiger charge is 2.24. The molecule has 0 saturated carbocycles. The highest BCUT2D eigenvalue weighted by molar-refractivity contribution is 9.10. The molecule has 0 radical (unpaired) electrons. The second-order valence-corrected chi connectivity index (χ2v) is 5.29. The molecule has 0 heterocycles. The fourth-order valence-corrected chi connectivity index (χ4v) is 3.40. The molecule has 0 spiro atoms. The predicted octanol–water partition coefficient (Wildman–Crippen LogP) is 4.17. The van der Waals surface area contributed by atoms with Crippen molar-refractivity contribution in [2.45, 2.75) is 39.2 Å². The highest BCUT2D eigenvalue weighted by Crippen LogP contribution is 2.37. The molecule has 88 valence electrons. The summed E-state index contributed by atoms with van der Waals surface area (Å²) >= 11 is 3.68. The van der Waals surface area contributed by atoms with Gasteiger partial charge in [-0.15, -0.1) is 0 Å². The van der Waals surface area contributed by atoms with Gasteiger partial charge in [0.1, 0.15) is 0 Å². The molecule has 1 unspecified atom stereocenters. The van der Waals surface area contributed by atoms with Gasteiger partial charge in [0.2, 0.25) is 0 Å². The van der Waals surface area contributed by atoms with E-state index in [0.29, 0.717) is 6.04 Å². The fraction of sp³-hybridized carbons (Fsp3) is 0.571. The second-order valence-electron chi connectivity index (χ2n) is 4.44. The SMILES string of the molecule is CCN(CC)C1CCCc2c(Br)cccc21. The predicted molar refractivity (Wildman–Crippen MR) is 72.7 cm³/mol. The van der Waals surface area contributed by atoms with Gasteiger partial charge in [0.15, 0.2) is 0 Å². The Hall–Kier alpha value is -0.340. The van der Waals surface area contributed by atoms with Gasteiger partial charge in [-0.25, -0.2) is 0 Å². The topological polar surface area (TPSA) is 3.24 Å². The molecule has 0 aromatic heterocycles. The molecule has 0 bridgehead atoms. The zero-order valence-corrected chi connectivity index (χ0v) is 11.8. The van der Waals surface area contributed by atoms with Crippen LogP contribution in [0.15, 0.2) is 22.7 Å². The zero-order chi connectivity index (χ0) is 11.5. The van der Waals surface area contributed by atoms with Crippen molar-refractivity contribution < 1.29 is 0 Å². The molecule has 1 aliphatic rings. The van der Waals surface area contributed by atoms with E-state index in [4.69, 9.17) is 0 Å². The second kappa shape index (κ2) is 5.33. The van der Waals surface area contributed by atoms with Crippen molar-refractivity contribution in [3.63, 3.8) is 0 Å². The minimum atomic E-state index is 0.635. The minimum absolute atomic E-state index is 0.635. The summed E-state index contributed by atoms with van der Waals surface area (Å²) < 4.78 is 1.29. The Kier molecular flexibility index (Phi) is 4.04. The quantitative estimate of drug-likeness (QED) is 0.804. The van der Waals surface area contributed by atoms with Crippen LogP contribution in [0.25, 0.3) is 0 Å². The van der Waals surface area contributed by atoms with Gasteiger partial charge < -0.3 is 0 Å². The number of hydrogen-bond acceptors (Lipinski definition) is 1. The maximum absolute atomic E-state index is 3.68. The van der Waals surface area contributed by atoms with Crippen LogP contribution in [0.5, 0.6) is 0 Å². The van der Waals surface area contributed by atoms with Crippen LogP contribution in [-0.4, -0.2) is 18.0 Å². The molecule has 0 saturated heterocycles. The molecular formula is C14H20BrN. The first-order valence-electron chi connectivity index (χ1n) is 6.29. The third-order valence-electron chi connectivity index (χ3n) is 3.67. The summed E-state index contributed by atoms with van der Waals surface area (Å²) in [7, 11) is 0. The monoisotopic (exact) mass is 281 g/mol. The lowest BCUT2D eigenvalue weighted by Crippen LogP contribution is -2.31. The van der Waals surface area contributed by atoms with Crippen molar-refractivity contribution >= 4 is 15.9 Å². The number of nitrogens with zero attached hydrogens (tertiary/aromatic N) is 1. The molecule has 0 fully saturated rings. The first-order chi connectivity index (χ1) is 7.77. The first kappa shape index (κ1) is 12.1. The van der Waals surface area contributed by atoms with E-state index in [-0.39, 0.29) is 0 Å². The van der Waals surface area contributed by atoms with Crippen molar-refractivity contribution in [1.82, 2.24) is 4.90 Å². The number of benzene rings is 1. The average molecular weight is 282 g/mol. The Balaban J connectivity index is 2.36. The molecule has 1 aromatic rings. The van der Waals surface area contributed by atoms with Crippen LogP contribution in [0, 0.1) is 0 Å². The molecule has 1 atom stereocenters. The molecular weight excluding hydrogens is 262 g/mol. The van der Waals surface area contributed by atoms with Crippen LogP contribution < -0.4 is 0 Å². The summed E-state index contributed by atoms with van der Waals surface area (Å²) in [5.74, 6) is 0. The molecule has 0 N–H and O–H groups in total. The highest BCUT2D eigenvalue weighted by atomic mass is 79.9. The Labute approximate surface area is 107 Å². The van der Waals surface area contributed by atoms with E-state index < -0.39 is 0 Å². The molecule has 1 aromatic carbocycles. The van der Waals surface area contributed by atoms with E-state index in [2.05, 4.69) is 52.9 Å². The first-order valence-corrected chi connectivity index (χ1v) is 7.08. The van der Waals surface area contributed by atoms with Crippen molar-refractivity contribution in [3.8, 4) is 0 Å². The van der Waals surface area contributed by atoms with Crippen molar-refractivity contribution in [2.75, 3.05) is 13.1 Å². The van der Waals surface area contributed by atoms with E-state index in [1.807, 2.05) is 0 Å². The smallest absolute Gasteiger partial charge is 0.0351 e. The maximum Gasteiger partial charge on any atom is 0.0351 e. The van der Waals surface area contributed by atoms with Gasteiger partial charge in [0.05, 0.1) is 0 Å². The van der Waals surface area contributed by atoms with E-state index in [9.17, 15) is 0 Å². The normalized spacial score (nSPS) is 19.9. The lowest BCUT2D eigenvalue weighted by atomic mass is 9.87. The zero-order valence-electron chi connectivity index (χ0n) is 10.2. The van der Waals surface area contributed by atoms with Crippen LogP contribution in [-0.2, 0) is 6.42 Å². The summed E-state index contributed by atoms with van der Waals surface area (Å²) in [6, 6.07) is 7.28. The van der Waals surface area contributed by atoms with E-state index in [1.54, 1.807) is 5.56 Å². The summed E-state index contributed by atoms with van der Waals surface area (Å²) in [5, 5.41) is 0. The van der Waals surface area contributed by atoms with Crippen LogP contribution in [0.4, 0.5) is 0 Å². The van der Waals surface area contributed by atoms with Crippen molar-refractivity contribution in [2.24, 2.45) is 0 Å². The van der Waals surface area contributed by atoms with Crippen LogP contribution >= 0.6 is 15.9 Å². The Morgan fingerprint density at radius 1 is 1.31 bits per heavy atom. The molecule has 2 heteroatoms. The van der Waals surface area contributed by atoms with Crippen molar-refractivity contribution in [3.05, 3.63) is 33.8 Å². The lowest BCUT2D eigenvalue weighted by Gasteiger charge is -2.35. The van der Waals surface area contributed by atoms with E-state index in [1.165, 1.54) is 29.3 Å².